The summed E-state index contributed by atoms with van der Waals surface area (Å²) in [6.45, 7) is -0.642. The molecule has 24 heavy (non-hydrogen) atoms. The van der Waals surface area contributed by atoms with Crippen LogP contribution in [0.2, 0.25) is 0 Å². The number of urea groups is 1. The number of benzene rings is 1. The first-order chi connectivity index (χ1) is 11.5. The number of nitrogens with one attached hydrogen (secondary N) is 2. The number of rotatable bonds is 7. The van der Waals surface area contributed by atoms with Crippen molar-refractivity contribution in [3.05, 3.63) is 42.0 Å². The molecule has 2 rings (SSSR count). The number of hydrogen-bond donors (Lipinski definition) is 2. The number of carbonyl (C=O) groups excluding carboxylic acids is 1. The standard InChI is InChI=1S/C15H19F2N5O2/c1-3-12(10-4-6-11(7-5-10)24-14(16)17)20-15(23)22(2)8-13-18-9-19-21-13/h4-7,9,12,14H,3,8H2,1-2H3,(H,20,23)(H,18,19,21). The number of ether oxygens (including phenoxy) is 1. The van der Waals surface area contributed by atoms with Gasteiger partial charge in [0.05, 0.1) is 12.6 Å². The van der Waals surface area contributed by atoms with Crippen molar-refractivity contribution in [1.29, 1.82) is 0 Å². The lowest BCUT2D eigenvalue weighted by Gasteiger charge is -2.22. The Bertz CT molecular complexity index is 634. The Kier molecular flexibility index (Phi) is 6.05. The van der Waals surface area contributed by atoms with Crippen LogP contribution in [0.1, 0.15) is 30.8 Å². The highest BCUT2D eigenvalue weighted by molar-refractivity contribution is 5.74. The Morgan fingerprint density at radius 2 is 2.08 bits per heavy atom. The van der Waals surface area contributed by atoms with E-state index < -0.39 is 6.61 Å². The summed E-state index contributed by atoms with van der Waals surface area (Å²) in [7, 11) is 1.64. The van der Waals surface area contributed by atoms with Gasteiger partial charge in [-0.1, -0.05) is 19.1 Å². The van der Waals surface area contributed by atoms with Crippen molar-refractivity contribution in [3.63, 3.8) is 0 Å². The third-order valence-electron chi connectivity index (χ3n) is 3.41. The molecular formula is C15H19F2N5O2. The number of carbonyl (C=O) groups is 1. The molecule has 1 unspecified atom stereocenters. The van der Waals surface area contributed by atoms with Crippen molar-refractivity contribution in [2.75, 3.05) is 7.05 Å². The molecular weight excluding hydrogens is 320 g/mol. The van der Waals surface area contributed by atoms with Gasteiger partial charge in [-0.15, -0.1) is 0 Å². The molecule has 2 N–H and O–H groups in total. The van der Waals surface area contributed by atoms with Crippen LogP contribution in [-0.4, -0.2) is 39.8 Å². The predicted molar refractivity (Wildman–Crippen MR) is 82.5 cm³/mol. The monoisotopic (exact) mass is 339 g/mol. The van der Waals surface area contributed by atoms with Crippen LogP contribution in [0.3, 0.4) is 0 Å². The van der Waals surface area contributed by atoms with E-state index in [1.807, 2.05) is 6.92 Å². The number of H-pyrrole nitrogens is 1. The van der Waals surface area contributed by atoms with Crippen LogP contribution in [-0.2, 0) is 6.54 Å². The largest absolute Gasteiger partial charge is 0.435 e. The van der Waals surface area contributed by atoms with Crippen LogP contribution < -0.4 is 10.1 Å². The van der Waals surface area contributed by atoms with E-state index >= 15 is 0 Å². The molecule has 0 saturated heterocycles. The van der Waals surface area contributed by atoms with Crippen molar-refractivity contribution in [3.8, 4) is 5.75 Å². The molecule has 0 aliphatic carbocycles. The summed E-state index contributed by atoms with van der Waals surface area (Å²) in [5.41, 5.74) is 0.806. The minimum absolute atomic E-state index is 0.0809. The molecule has 1 atom stereocenters. The fourth-order valence-electron chi connectivity index (χ4n) is 2.17. The van der Waals surface area contributed by atoms with Crippen LogP contribution in [0.4, 0.5) is 13.6 Å². The van der Waals surface area contributed by atoms with Gasteiger partial charge in [0.25, 0.3) is 0 Å². The average molecular weight is 339 g/mol. The summed E-state index contributed by atoms with van der Waals surface area (Å²) in [5.74, 6) is 0.659. The highest BCUT2D eigenvalue weighted by Crippen LogP contribution is 2.21. The lowest BCUT2D eigenvalue weighted by Crippen LogP contribution is -2.39. The summed E-state index contributed by atoms with van der Waals surface area (Å²) in [6.07, 6.45) is 2.02. The lowest BCUT2D eigenvalue weighted by atomic mass is 10.0. The van der Waals surface area contributed by atoms with Gasteiger partial charge >= 0.3 is 12.6 Å². The van der Waals surface area contributed by atoms with Crippen molar-refractivity contribution in [1.82, 2.24) is 25.4 Å². The van der Waals surface area contributed by atoms with E-state index in [4.69, 9.17) is 0 Å². The van der Waals surface area contributed by atoms with Gasteiger partial charge in [0.1, 0.15) is 17.9 Å². The zero-order valence-electron chi connectivity index (χ0n) is 13.4. The van der Waals surface area contributed by atoms with Gasteiger partial charge in [0.2, 0.25) is 0 Å². The fraction of sp³-hybridized carbons (Fsp3) is 0.400. The summed E-state index contributed by atoms with van der Waals surface area (Å²) >= 11 is 0. The van der Waals surface area contributed by atoms with Gasteiger partial charge < -0.3 is 15.0 Å². The minimum Gasteiger partial charge on any atom is -0.435 e. The van der Waals surface area contributed by atoms with E-state index in [2.05, 4.69) is 25.2 Å². The number of amides is 2. The number of nitrogens with zero attached hydrogens (tertiary/aromatic N) is 3. The summed E-state index contributed by atoms with van der Waals surface area (Å²) in [6, 6.07) is 5.70. The van der Waals surface area contributed by atoms with Gasteiger partial charge in [0, 0.05) is 7.05 Å². The maximum atomic E-state index is 12.3. The summed E-state index contributed by atoms with van der Waals surface area (Å²) < 4.78 is 28.6. The van der Waals surface area contributed by atoms with Crippen molar-refractivity contribution in [2.24, 2.45) is 0 Å². The van der Waals surface area contributed by atoms with Gasteiger partial charge in [-0.2, -0.15) is 13.9 Å². The van der Waals surface area contributed by atoms with Crippen molar-refractivity contribution >= 4 is 6.03 Å². The average Bonchev–Trinajstić information content (AvgIpc) is 3.05. The first-order valence-corrected chi connectivity index (χ1v) is 7.40. The molecule has 9 heteroatoms. The van der Waals surface area contributed by atoms with Crippen LogP contribution >= 0.6 is 0 Å². The molecule has 0 spiro atoms. The molecule has 0 aliphatic heterocycles. The smallest absolute Gasteiger partial charge is 0.387 e. The number of alkyl halides is 2. The van der Waals surface area contributed by atoms with Crippen LogP contribution in [0, 0.1) is 0 Å². The Labute approximate surface area is 138 Å². The van der Waals surface area contributed by atoms with E-state index in [-0.39, 0.29) is 17.8 Å². The number of aromatic nitrogens is 3. The van der Waals surface area contributed by atoms with Crippen LogP contribution in [0.25, 0.3) is 0 Å². The van der Waals surface area contributed by atoms with E-state index in [1.54, 1.807) is 19.2 Å². The Morgan fingerprint density at radius 1 is 1.38 bits per heavy atom. The second kappa shape index (κ2) is 8.23. The molecule has 0 radical (unpaired) electrons. The van der Waals surface area contributed by atoms with Gasteiger partial charge in [-0.3, -0.25) is 5.10 Å². The molecule has 0 bridgehead atoms. The number of halogens is 2. The molecule has 1 aromatic carbocycles. The van der Waals surface area contributed by atoms with Crippen molar-refractivity contribution in [2.45, 2.75) is 32.5 Å². The van der Waals surface area contributed by atoms with Crippen molar-refractivity contribution < 1.29 is 18.3 Å². The zero-order chi connectivity index (χ0) is 17.5. The molecule has 2 amide bonds. The molecule has 2 aromatic rings. The molecule has 1 aromatic heterocycles. The minimum atomic E-state index is -2.86. The Morgan fingerprint density at radius 3 is 2.62 bits per heavy atom. The quantitative estimate of drug-likeness (QED) is 0.812. The molecule has 0 aliphatic rings. The third kappa shape index (κ3) is 4.90. The Balaban J connectivity index is 1.96. The third-order valence-corrected chi connectivity index (χ3v) is 3.41. The summed E-state index contributed by atoms with van der Waals surface area (Å²) in [5, 5.41) is 9.31. The van der Waals surface area contributed by atoms with E-state index in [9.17, 15) is 13.6 Å². The highest BCUT2D eigenvalue weighted by atomic mass is 19.3. The van der Waals surface area contributed by atoms with Gasteiger partial charge in [-0.05, 0) is 24.1 Å². The maximum absolute atomic E-state index is 12.3. The lowest BCUT2D eigenvalue weighted by molar-refractivity contribution is -0.0498. The molecule has 0 fully saturated rings. The number of aromatic amines is 1. The normalized spacial score (nSPS) is 12.0. The second-order valence-electron chi connectivity index (χ2n) is 5.15. The highest BCUT2D eigenvalue weighted by Gasteiger charge is 2.17. The zero-order valence-corrected chi connectivity index (χ0v) is 13.4. The van der Waals surface area contributed by atoms with Crippen LogP contribution in [0.5, 0.6) is 5.75 Å². The molecule has 1 heterocycles. The fourth-order valence-corrected chi connectivity index (χ4v) is 2.17. The summed E-state index contributed by atoms with van der Waals surface area (Å²) in [4.78, 5) is 17.7. The maximum Gasteiger partial charge on any atom is 0.387 e. The predicted octanol–water partition coefficient (Wildman–Crippen LogP) is 2.70. The Hall–Kier alpha value is -2.71. The van der Waals surface area contributed by atoms with E-state index in [0.29, 0.717) is 18.8 Å². The molecule has 7 nitrogen and oxygen atoms in total. The molecule has 130 valence electrons. The first-order valence-electron chi connectivity index (χ1n) is 7.40. The van der Waals surface area contributed by atoms with Gasteiger partial charge in [-0.25, -0.2) is 9.78 Å². The second-order valence-corrected chi connectivity index (χ2v) is 5.15. The first kappa shape index (κ1) is 17.6. The topological polar surface area (TPSA) is 83.1 Å². The number of hydrogen-bond acceptors (Lipinski definition) is 4. The SMILES string of the molecule is CCC(NC(=O)N(C)Cc1ncn[nH]1)c1ccc(OC(F)F)cc1. The molecule has 0 saturated carbocycles. The van der Waals surface area contributed by atoms with Gasteiger partial charge in [0.15, 0.2) is 0 Å². The van der Waals surface area contributed by atoms with E-state index in [1.165, 1.54) is 23.4 Å². The van der Waals surface area contributed by atoms with Crippen LogP contribution in [0.15, 0.2) is 30.6 Å². The van der Waals surface area contributed by atoms with E-state index in [0.717, 1.165) is 5.56 Å².